The highest BCUT2D eigenvalue weighted by atomic mass is 16.5. The fourth-order valence-electron chi connectivity index (χ4n) is 2.79. The Bertz CT molecular complexity index is 596. The van der Waals surface area contributed by atoms with E-state index in [1.54, 1.807) is 6.33 Å². The number of hydrogen-bond donors (Lipinski definition) is 0. The highest BCUT2D eigenvalue weighted by Gasteiger charge is 2.07. The molecule has 0 fully saturated rings. The molecule has 0 aliphatic heterocycles. The van der Waals surface area contributed by atoms with Crippen molar-refractivity contribution >= 4 is 0 Å². The Morgan fingerprint density at radius 2 is 1.38 bits per heavy atom. The van der Waals surface area contributed by atoms with Gasteiger partial charge in [-0.2, -0.15) is 0 Å². The number of nitrogens with zero attached hydrogens (tertiary/aromatic N) is 3. The number of aromatic nitrogens is 3. The lowest BCUT2D eigenvalue weighted by molar-refractivity contribution is 0.276. The highest BCUT2D eigenvalue weighted by Crippen LogP contribution is 2.19. The molecule has 1 aromatic heterocycles. The summed E-state index contributed by atoms with van der Waals surface area (Å²) in [7, 11) is 0. The first kappa shape index (κ1) is 20.3. The van der Waals surface area contributed by atoms with Crippen LogP contribution < -0.4 is 9.47 Å². The summed E-state index contributed by atoms with van der Waals surface area (Å²) in [6, 6.07) is 8.55. The summed E-state index contributed by atoms with van der Waals surface area (Å²) in [6.07, 6.45) is 12.6. The molecule has 0 aliphatic carbocycles. The van der Waals surface area contributed by atoms with Gasteiger partial charge in [-0.05, 0) is 37.1 Å². The first-order valence-corrected chi connectivity index (χ1v) is 10.1. The molecular formula is C21H33N3O2. The van der Waals surface area contributed by atoms with Gasteiger partial charge in [0, 0.05) is 0 Å². The lowest BCUT2D eigenvalue weighted by Gasteiger charge is -2.10. The van der Waals surface area contributed by atoms with Gasteiger partial charge in [0.05, 0.1) is 18.9 Å². The van der Waals surface area contributed by atoms with Crippen LogP contribution in [0.5, 0.6) is 11.8 Å². The van der Waals surface area contributed by atoms with Gasteiger partial charge in [-0.15, -0.1) is 5.10 Å². The minimum atomic E-state index is 0.550. The van der Waals surface area contributed by atoms with Crippen molar-refractivity contribution in [3.8, 4) is 17.4 Å². The molecule has 0 aliphatic rings. The van der Waals surface area contributed by atoms with Gasteiger partial charge in [0.2, 0.25) is 0 Å². The van der Waals surface area contributed by atoms with E-state index in [1.807, 2.05) is 28.8 Å². The van der Waals surface area contributed by atoms with Gasteiger partial charge < -0.3 is 9.47 Å². The van der Waals surface area contributed by atoms with Crippen LogP contribution in [0.2, 0.25) is 0 Å². The zero-order chi connectivity index (χ0) is 18.5. The topological polar surface area (TPSA) is 49.2 Å². The second-order valence-electron chi connectivity index (χ2n) is 6.65. The minimum absolute atomic E-state index is 0.550. The number of rotatable bonds is 14. The van der Waals surface area contributed by atoms with Crippen molar-refractivity contribution in [2.75, 3.05) is 13.2 Å². The monoisotopic (exact) mass is 359 g/mol. The number of unbranched alkanes of at least 4 members (excludes halogenated alkanes) is 7. The van der Waals surface area contributed by atoms with Crippen LogP contribution in [0.15, 0.2) is 30.6 Å². The van der Waals surface area contributed by atoms with Crippen molar-refractivity contribution in [2.45, 2.75) is 71.6 Å². The van der Waals surface area contributed by atoms with Crippen LogP contribution in [0, 0.1) is 0 Å². The third-order valence-corrected chi connectivity index (χ3v) is 4.38. The number of hydrogen-bond acceptors (Lipinski definition) is 4. The van der Waals surface area contributed by atoms with Crippen molar-refractivity contribution in [3.05, 3.63) is 30.6 Å². The van der Waals surface area contributed by atoms with Crippen molar-refractivity contribution < 1.29 is 9.47 Å². The van der Waals surface area contributed by atoms with Crippen LogP contribution in [-0.2, 0) is 0 Å². The molecule has 0 spiro atoms. The SMILES string of the molecule is CCCCCCCOc1nncn1-c1ccc(OCCCCCC)cc1. The first-order valence-electron chi connectivity index (χ1n) is 10.1. The molecule has 0 radical (unpaired) electrons. The van der Waals surface area contributed by atoms with E-state index in [2.05, 4.69) is 24.0 Å². The fraction of sp³-hybridized carbons (Fsp3) is 0.619. The average Bonchev–Trinajstić information content (AvgIpc) is 3.13. The van der Waals surface area contributed by atoms with Crippen LogP contribution in [0.4, 0.5) is 0 Å². The molecule has 5 heteroatoms. The van der Waals surface area contributed by atoms with E-state index < -0.39 is 0 Å². The van der Waals surface area contributed by atoms with E-state index in [0.29, 0.717) is 12.6 Å². The molecule has 0 unspecified atom stereocenters. The largest absolute Gasteiger partial charge is 0.494 e. The standard InChI is InChI=1S/C21H33N3O2/c1-3-5-7-9-11-17-26-21-23-22-18-24(21)19-12-14-20(15-13-19)25-16-10-8-6-4-2/h12-15,18H,3-11,16-17H2,1-2H3. The molecule has 0 saturated heterocycles. The maximum atomic E-state index is 5.80. The van der Waals surface area contributed by atoms with Crippen molar-refractivity contribution in [2.24, 2.45) is 0 Å². The molecule has 1 aromatic carbocycles. The summed E-state index contributed by atoms with van der Waals surface area (Å²) < 4.78 is 13.5. The fourth-order valence-corrected chi connectivity index (χ4v) is 2.79. The molecule has 144 valence electrons. The zero-order valence-corrected chi connectivity index (χ0v) is 16.3. The molecule has 2 aromatic rings. The molecule has 26 heavy (non-hydrogen) atoms. The second kappa shape index (κ2) is 12.3. The molecule has 0 N–H and O–H groups in total. The average molecular weight is 360 g/mol. The van der Waals surface area contributed by atoms with Gasteiger partial charge in [0.1, 0.15) is 12.1 Å². The van der Waals surface area contributed by atoms with Gasteiger partial charge in [0.25, 0.3) is 0 Å². The molecule has 0 atom stereocenters. The Morgan fingerprint density at radius 1 is 0.769 bits per heavy atom. The summed E-state index contributed by atoms with van der Waals surface area (Å²) in [5, 5.41) is 8.07. The Morgan fingerprint density at radius 3 is 2.08 bits per heavy atom. The van der Waals surface area contributed by atoms with E-state index in [9.17, 15) is 0 Å². The van der Waals surface area contributed by atoms with Gasteiger partial charge in [-0.25, -0.2) is 0 Å². The second-order valence-corrected chi connectivity index (χ2v) is 6.65. The predicted octanol–water partition coefficient (Wildman–Crippen LogP) is 5.58. The summed E-state index contributed by atoms with van der Waals surface area (Å²) in [5.41, 5.74) is 0.981. The normalized spacial score (nSPS) is 10.8. The van der Waals surface area contributed by atoms with Gasteiger partial charge in [-0.3, -0.25) is 4.57 Å². The molecule has 2 rings (SSSR count). The third-order valence-electron chi connectivity index (χ3n) is 4.38. The molecule has 0 bridgehead atoms. The van der Waals surface area contributed by atoms with E-state index in [4.69, 9.17) is 9.47 Å². The van der Waals surface area contributed by atoms with E-state index in [-0.39, 0.29) is 0 Å². The minimum Gasteiger partial charge on any atom is -0.494 e. The third kappa shape index (κ3) is 7.06. The molecule has 0 amide bonds. The van der Waals surface area contributed by atoms with E-state index in [1.165, 1.54) is 44.9 Å². The summed E-state index contributed by atoms with van der Waals surface area (Å²) >= 11 is 0. The predicted molar refractivity (Wildman–Crippen MR) is 105 cm³/mol. The van der Waals surface area contributed by atoms with Crippen LogP contribution in [0.25, 0.3) is 5.69 Å². The number of ether oxygens (including phenoxy) is 2. The number of benzene rings is 1. The summed E-state index contributed by atoms with van der Waals surface area (Å²) in [5.74, 6) is 0.900. The highest BCUT2D eigenvalue weighted by molar-refractivity contribution is 5.38. The smallest absolute Gasteiger partial charge is 0.321 e. The van der Waals surface area contributed by atoms with Gasteiger partial charge in [-0.1, -0.05) is 63.9 Å². The lowest BCUT2D eigenvalue weighted by Crippen LogP contribution is -2.04. The van der Waals surface area contributed by atoms with Crippen LogP contribution in [-0.4, -0.2) is 28.0 Å². The van der Waals surface area contributed by atoms with Crippen molar-refractivity contribution in [1.82, 2.24) is 14.8 Å². The Balaban J connectivity index is 1.79. The van der Waals surface area contributed by atoms with Crippen LogP contribution in [0.1, 0.15) is 71.6 Å². The zero-order valence-electron chi connectivity index (χ0n) is 16.3. The van der Waals surface area contributed by atoms with Gasteiger partial charge >= 0.3 is 6.01 Å². The summed E-state index contributed by atoms with van der Waals surface area (Å²) in [6.45, 7) is 5.90. The maximum absolute atomic E-state index is 5.80. The van der Waals surface area contributed by atoms with Crippen LogP contribution >= 0.6 is 0 Å². The first-order chi connectivity index (χ1) is 12.8. The Kier molecular flexibility index (Phi) is 9.62. The van der Waals surface area contributed by atoms with Crippen LogP contribution in [0.3, 0.4) is 0 Å². The maximum Gasteiger partial charge on any atom is 0.321 e. The lowest BCUT2D eigenvalue weighted by atomic mass is 10.2. The molecule has 0 saturated carbocycles. The Labute approximate surface area is 157 Å². The Hall–Kier alpha value is -2.04. The quantitative estimate of drug-likeness (QED) is 0.413. The van der Waals surface area contributed by atoms with Crippen molar-refractivity contribution in [1.29, 1.82) is 0 Å². The van der Waals surface area contributed by atoms with E-state index in [0.717, 1.165) is 30.9 Å². The molecular weight excluding hydrogens is 326 g/mol. The molecule has 5 nitrogen and oxygen atoms in total. The van der Waals surface area contributed by atoms with Crippen molar-refractivity contribution in [3.63, 3.8) is 0 Å². The van der Waals surface area contributed by atoms with E-state index >= 15 is 0 Å². The van der Waals surface area contributed by atoms with Gasteiger partial charge in [0.15, 0.2) is 0 Å². The summed E-state index contributed by atoms with van der Waals surface area (Å²) in [4.78, 5) is 0. The molecule has 1 heterocycles.